The molecular weight excluding hydrogens is 264 g/mol. The summed E-state index contributed by atoms with van der Waals surface area (Å²) in [6.45, 7) is 5.58. The zero-order valence-corrected chi connectivity index (χ0v) is 12.6. The average Bonchev–Trinajstić information content (AvgIpc) is 2.33. The molecular formula is C14H21ClN2O2. The number of amides is 1. The maximum absolute atomic E-state index is 12.2. The second-order valence-electron chi connectivity index (χ2n) is 4.92. The summed E-state index contributed by atoms with van der Waals surface area (Å²) in [5, 5.41) is 3.40. The molecule has 0 radical (unpaired) electrons. The smallest absolute Gasteiger partial charge is 0.244 e. The van der Waals surface area contributed by atoms with E-state index in [-0.39, 0.29) is 5.91 Å². The lowest BCUT2D eigenvalue weighted by Gasteiger charge is -2.23. The van der Waals surface area contributed by atoms with Gasteiger partial charge in [0.1, 0.15) is 5.75 Å². The minimum Gasteiger partial charge on any atom is -0.495 e. The van der Waals surface area contributed by atoms with Crippen molar-refractivity contribution in [1.82, 2.24) is 0 Å². The highest BCUT2D eigenvalue weighted by Crippen LogP contribution is 2.31. The number of ether oxygens (including phenoxy) is 1. The quantitative estimate of drug-likeness (QED) is 0.873. The monoisotopic (exact) mass is 284 g/mol. The first-order valence-corrected chi connectivity index (χ1v) is 6.64. The van der Waals surface area contributed by atoms with E-state index in [1.165, 1.54) is 7.11 Å². The first-order chi connectivity index (χ1) is 8.81. The van der Waals surface area contributed by atoms with Crippen molar-refractivity contribution in [2.75, 3.05) is 12.4 Å². The Morgan fingerprint density at radius 2 is 2.16 bits per heavy atom. The molecule has 5 heteroatoms. The molecule has 1 aromatic rings. The molecule has 0 aromatic heterocycles. The van der Waals surface area contributed by atoms with Crippen molar-refractivity contribution in [2.45, 2.75) is 39.2 Å². The Hall–Kier alpha value is -1.26. The van der Waals surface area contributed by atoms with E-state index in [1.807, 2.05) is 13.8 Å². The van der Waals surface area contributed by atoms with E-state index in [4.69, 9.17) is 22.1 Å². The number of hydrogen-bond donors (Lipinski definition) is 2. The number of benzene rings is 1. The van der Waals surface area contributed by atoms with E-state index in [0.29, 0.717) is 22.9 Å². The van der Waals surface area contributed by atoms with Crippen LogP contribution in [0.4, 0.5) is 5.69 Å². The number of nitrogens with one attached hydrogen (secondary N) is 1. The van der Waals surface area contributed by atoms with Gasteiger partial charge in [0.2, 0.25) is 5.91 Å². The number of carbonyl (C=O) groups excluding carboxylic acids is 1. The van der Waals surface area contributed by atoms with Crippen molar-refractivity contribution in [2.24, 2.45) is 5.73 Å². The number of anilines is 1. The largest absolute Gasteiger partial charge is 0.495 e. The van der Waals surface area contributed by atoms with Gasteiger partial charge in [0.15, 0.2) is 0 Å². The van der Waals surface area contributed by atoms with Crippen LogP contribution in [0.5, 0.6) is 5.75 Å². The number of carbonyl (C=O) groups is 1. The van der Waals surface area contributed by atoms with Gasteiger partial charge in [0, 0.05) is 11.1 Å². The minimum absolute atomic E-state index is 0.227. The van der Waals surface area contributed by atoms with Crippen LogP contribution in [0.25, 0.3) is 0 Å². The Morgan fingerprint density at radius 1 is 1.53 bits per heavy atom. The standard InChI is InChI=1S/C14H21ClN2O2/c1-5-6-14(3,16)13(18)17-11-7-9(2)10(15)8-12(11)19-4/h7-8H,5-6,16H2,1-4H3,(H,17,18). The van der Waals surface area contributed by atoms with Crippen LogP contribution in [0, 0.1) is 6.92 Å². The number of nitrogens with two attached hydrogens (primary N) is 1. The molecule has 0 aliphatic carbocycles. The molecule has 106 valence electrons. The maximum Gasteiger partial charge on any atom is 0.244 e. The molecule has 0 aliphatic heterocycles. The second kappa shape index (κ2) is 6.26. The lowest BCUT2D eigenvalue weighted by atomic mass is 9.96. The molecule has 1 rings (SSSR count). The number of rotatable bonds is 5. The second-order valence-corrected chi connectivity index (χ2v) is 5.33. The Bertz CT molecular complexity index is 473. The van der Waals surface area contributed by atoms with Crippen molar-refractivity contribution in [3.05, 3.63) is 22.7 Å². The highest BCUT2D eigenvalue weighted by Gasteiger charge is 2.28. The fourth-order valence-electron chi connectivity index (χ4n) is 1.83. The van der Waals surface area contributed by atoms with Gasteiger partial charge in [-0.05, 0) is 31.9 Å². The highest BCUT2D eigenvalue weighted by atomic mass is 35.5. The van der Waals surface area contributed by atoms with Crippen LogP contribution in [0.15, 0.2) is 12.1 Å². The lowest BCUT2D eigenvalue weighted by molar-refractivity contribution is -0.120. The molecule has 1 unspecified atom stereocenters. The summed E-state index contributed by atoms with van der Waals surface area (Å²) in [5.41, 5.74) is 6.56. The summed E-state index contributed by atoms with van der Waals surface area (Å²) < 4.78 is 5.21. The van der Waals surface area contributed by atoms with Crippen LogP contribution in [-0.2, 0) is 4.79 Å². The Morgan fingerprint density at radius 3 is 2.68 bits per heavy atom. The van der Waals surface area contributed by atoms with E-state index in [0.717, 1.165) is 12.0 Å². The van der Waals surface area contributed by atoms with E-state index in [1.54, 1.807) is 19.1 Å². The summed E-state index contributed by atoms with van der Waals surface area (Å²) in [4.78, 5) is 12.2. The molecule has 1 amide bonds. The van der Waals surface area contributed by atoms with Crippen molar-refractivity contribution in [3.8, 4) is 5.75 Å². The molecule has 0 bridgehead atoms. The summed E-state index contributed by atoms with van der Waals surface area (Å²) in [5.74, 6) is 0.297. The van der Waals surface area contributed by atoms with Crippen LogP contribution >= 0.6 is 11.6 Å². The number of halogens is 1. The first kappa shape index (κ1) is 15.8. The summed E-state index contributed by atoms with van der Waals surface area (Å²) in [7, 11) is 1.53. The molecule has 1 aromatic carbocycles. The van der Waals surface area contributed by atoms with Gasteiger partial charge < -0.3 is 15.8 Å². The van der Waals surface area contributed by atoms with Gasteiger partial charge in [-0.3, -0.25) is 4.79 Å². The van der Waals surface area contributed by atoms with Crippen LogP contribution in [0.3, 0.4) is 0 Å². The summed E-state index contributed by atoms with van der Waals surface area (Å²) >= 11 is 6.02. The zero-order chi connectivity index (χ0) is 14.6. The van der Waals surface area contributed by atoms with Gasteiger partial charge in [-0.2, -0.15) is 0 Å². The molecule has 0 heterocycles. The molecule has 0 aliphatic rings. The number of aryl methyl sites for hydroxylation is 1. The Kier molecular flexibility index (Phi) is 5.20. The third-order valence-electron chi connectivity index (χ3n) is 3.02. The van der Waals surface area contributed by atoms with Crippen molar-refractivity contribution < 1.29 is 9.53 Å². The van der Waals surface area contributed by atoms with Crippen LogP contribution in [0.1, 0.15) is 32.3 Å². The summed E-state index contributed by atoms with van der Waals surface area (Å²) in [6, 6.07) is 3.46. The van der Waals surface area contributed by atoms with Crippen LogP contribution < -0.4 is 15.8 Å². The van der Waals surface area contributed by atoms with Gasteiger partial charge >= 0.3 is 0 Å². The SMILES string of the molecule is CCCC(C)(N)C(=O)Nc1cc(C)c(Cl)cc1OC. The Labute approximate surface area is 119 Å². The molecule has 0 saturated carbocycles. The predicted octanol–water partition coefficient (Wildman–Crippen LogP) is 3.11. The molecule has 3 N–H and O–H groups in total. The number of methoxy groups -OCH3 is 1. The van der Waals surface area contributed by atoms with Gasteiger partial charge in [-0.15, -0.1) is 0 Å². The fourth-order valence-corrected chi connectivity index (χ4v) is 1.98. The highest BCUT2D eigenvalue weighted by molar-refractivity contribution is 6.31. The van der Waals surface area contributed by atoms with E-state index >= 15 is 0 Å². The first-order valence-electron chi connectivity index (χ1n) is 6.26. The molecule has 4 nitrogen and oxygen atoms in total. The van der Waals surface area contributed by atoms with Crippen molar-refractivity contribution >= 4 is 23.2 Å². The molecule has 0 saturated heterocycles. The van der Waals surface area contributed by atoms with Gasteiger partial charge in [-0.1, -0.05) is 24.9 Å². The molecule has 1 atom stereocenters. The molecule has 19 heavy (non-hydrogen) atoms. The zero-order valence-electron chi connectivity index (χ0n) is 11.8. The van der Waals surface area contributed by atoms with Crippen LogP contribution in [0.2, 0.25) is 5.02 Å². The Balaban J connectivity index is 2.99. The van der Waals surface area contributed by atoms with Crippen molar-refractivity contribution in [1.29, 1.82) is 0 Å². The number of hydrogen-bond acceptors (Lipinski definition) is 3. The maximum atomic E-state index is 12.2. The van der Waals surface area contributed by atoms with Gasteiger partial charge in [0.05, 0.1) is 18.3 Å². The van der Waals surface area contributed by atoms with Crippen LogP contribution in [-0.4, -0.2) is 18.6 Å². The van der Waals surface area contributed by atoms with E-state index in [9.17, 15) is 4.79 Å². The molecule has 0 fully saturated rings. The third kappa shape index (κ3) is 3.85. The van der Waals surface area contributed by atoms with E-state index < -0.39 is 5.54 Å². The summed E-state index contributed by atoms with van der Waals surface area (Å²) in [6.07, 6.45) is 1.46. The topological polar surface area (TPSA) is 64.4 Å². The normalized spacial score (nSPS) is 13.8. The predicted molar refractivity (Wildman–Crippen MR) is 78.9 cm³/mol. The van der Waals surface area contributed by atoms with E-state index in [2.05, 4.69) is 5.32 Å². The lowest BCUT2D eigenvalue weighted by Crippen LogP contribution is -2.48. The minimum atomic E-state index is -0.896. The van der Waals surface area contributed by atoms with Crippen molar-refractivity contribution in [3.63, 3.8) is 0 Å². The third-order valence-corrected chi connectivity index (χ3v) is 3.42. The van der Waals surface area contributed by atoms with Gasteiger partial charge in [0.25, 0.3) is 0 Å². The average molecular weight is 285 g/mol. The van der Waals surface area contributed by atoms with Gasteiger partial charge in [-0.25, -0.2) is 0 Å². The fraction of sp³-hybridized carbons (Fsp3) is 0.500. The molecule has 0 spiro atoms.